The molecule has 0 saturated heterocycles. The van der Waals surface area contributed by atoms with Crippen LogP contribution in [0.3, 0.4) is 0 Å². The second-order valence-electron chi connectivity index (χ2n) is 4.28. The van der Waals surface area contributed by atoms with Gasteiger partial charge in [0.25, 0.3) is 0 Å². The molecule has 3 N–H and O–H groups in total. The number of nitrogens with one attached hydrogen (secondary N) is 1. The Bertz CT molecular complexity index is 331. The first-order valence-electron chi connectivity index (χ1n) is 5.55. The van der Waals surface area contributed by atoms with Gasteiger partial charge in [0.1, 0.15) is 11.5 Å². The third-order valence-corrected chi connectivity index (χ3v) is 3.32. The number of hydrogen-bond acceptors (Lipinski definition) is 3. The predicted molar refractivity (Wildman–Crippen MR) is 62.4 cm³/mol. The van der Waals surface area contributed by atoms with Gasteiger partial charge in [-0.15, -0.1) is 0 Å². The Hall–Kier alpha value is -0.800. The standard InChI is InChI=1S/C12H22N2O/c1-6-7(2)12(14-13)11-8(3)9(4)15-10(11)5/h7,12,14H,6,13H2,1-5H3. The topological polar surface area (TPSA) is 51.2 Å². The Morgan fingerprint density at radius 1 is 1.27 bits per heavy atom. The van der Waals surface area contributed by atoms with Gasteiger partial charge in [-0.25, -0.2) is 0 Å². The zero-order valence-corrected chi connectivity index (χ0v) is 10.3. The van der Waals surface area contributed by atoms with E-state index in [0.717, 1.165) is 17.9 Å². The average Bonchev–Trinajstić information content (AvgIpc) is 2.45. The lowest BCUT2D eigenvalue weighted by molar-refractivity contribution is 0.375. The summed E-state index contributed by atoms with van der Waals surface area (Å²) in [5.74, 6) is 8.11. The molecule has 2 atom stereocenters. The van der Waals surface area contributed by atoms with Crippen LogP contribution in [-0.4, -0.2) is 0 Å². The van der Waals surface area contributed by atoms with Crippen molar-refractivity contribution >= 4 is 0 Å². The molecule has 1 rings (SSSR count). The summed E-state index contributed by atoms with van der Waals surface area (Å²) >= 11 is 0. The van der Waals surface area contributed by atoms with Gasteiger partial charge < -0.3 is 4.42 Å². The quantitative estimate of drug-likeness (QED) is 0.593. The van der Waals surface area contributed by atoms with Crippen LogP contribution in [0.25, 0.3) is 0 Å². The van der Waals surface area contributed by atoms with Crippen LogP contribution in [0.1, 0.15) is 49.0 Å². The molecule has 3 heteroatoms. The second-order valence-corrected chi connectivity index (χ2v) is 4.28. The largest absolute Gasteiger partial charge is 0.466 e. The molecule has 3 nitrogen and oxygen atoms in total. The van der Waals surface area contributed by atoms with E-state index in [2.05, 4.69) is 26.2 Å². The average molecular weight is 210 g/mol. The molecule has 1 aromatic rings. The maximum atomic E-state index is 5.64. The molecule has 86 valence electrons. The van der Waals surface area contributed by atoms with Crippen LogP contribution in [0.5, 0.6) is 0 Å². The summed E-state index contributed by atoms with van der Waals surface area (Å²) in [5.41, 5.74) is 5.35. The van der Waals surface area contributed by atoms with Gasteiger partial charge in [0.15, 0.2) is 0 Å². The number of furan rings is 1. The van der Waals surface area contributed by atoms with E-state index in [1.165, 1.54) is 11.1 Å². The zero-order chi connectivity index (χ0) is 11.6. The predicted octanol–water partition coefficient (Wildman–Crippen LogP) is 2.76. The summed E-state index contributed by atoms with van der Waals surface area (Å²) in [4.78, 5) is 0. The van der Waals surface area contributed by atoms with Crippen LogP contribution in [0.4, 0.5) is 0 Å². The summed E-state index contributed by atoms with van der Waals surface area (Å²) in [6.45, 7) is 10.5. The maximum Gasteiger partial charge on any atom is 0.106 e. The van der Waals surface area contributed by atoms with E-state index in [0.29, 0.717) is 5.92 Å². The van der Waals surface area contributed by atoms with Crippen LogP contribution in [-0.2, 0) is 0 Å². The molecule has 0 saturated carbocycles. The van der Waals surface area contributed by atoms with E-state index in [1.54, 1.807) is 0 Å². The molecule has 0 aliphatic rings. The third kappa shape index (κ3) is 2.24. The van der Waals surface area contributed by atoms with Crippen molar-refractivity contribution in [2.75, 3.05) is 0 Å². The van der Waals surface area contributed by atoms with Gasteiger partial charge in [-0.05, 0) is 32.3 Å². The first-order chi connectivity index (χ1) is 7.02. The van der Waals surface area contributed by atoms with Crippen molar-refractivity contribution in [3.63, 3.8) is 0 Å². The fourth-order valence-electron chi connectivity index (χ4n) is 2.03. The van der Waals surface area contributed by atoms with Gasteiger partial charge in [-0.3, -0.25) is 11.3 Å². The zero-order valence-electron chi connectivity index (χ0n) is 10.3. The first-order valence-corrected chi connectivity index (χ1v) is 5.55. The van der Waals surface area contributed by atoms with Crippen molar-refractivity contribution in [3.8, 4) is 0 Å². The van der Waals surface area contributed by atoms with Crippen molar-refractivity contribution in [3.05, 3.63) is 22.6 Å². The van der Waals surface area contributed by atoms with Crippen LogP contribution in [0, 0.1) is 26.7 Å². The summed E-state index contributed by atoms with van der Waals surface area (Å²) in [6.07, 6.45) is 1.10. The number of aryl methyl sites for hydroxylation is 2. The Morgan fingerprint density at radius 3 is 2.20 bits per heavy atom. The highest BCUT2D eigenvalue weighted by atomic mass is 16.3. The number of rotatable bonds is 4. The third-order valence-electron chi connectivity index (χ3n) is 3.32. The minimum atomic E-state index is 0.187. The highest BCUT2D eigenvalue weighted by Gasteiger charge is 2.23. The smallest absolute Gasteiger partial charge is 0.106 e. The number of hydrazine groups is 1. The van der Waals surface area contributed by atoms with Crippen LogP contribution in [0.2, 0.25) is 0 Å². The second kappa shape index (κ2) is 4.81. The van der Waals surface area contributed by atoms with Crippen molar-refractivity contribution < 1.29 is 4.42 Å². The van der Waals surface area contributed by atoms with E-state index in [-0.39, 0.29) is 6.04 Å². The monoisotopic (exact) mass is 210 g/mol. The lowest BCUT2D eigenvalue weighted by Crippen LogP contribution is -2.33. The molecule has 15 heavy (non-hydrogen) atoms. The molecule has 0 aliphatic carbocycles. The molecule has 1 aromatic heterocycles. The van der Waals surface area contributed by atoms with E-state index >= 15 is 0 Å². The molecular formula is C12H22N2O. The van der Waals surface area contributed by atoms with E-state index in [4.69, 9.17) is 10.3 Å². The van der Waals surface area contributed by atoms with Gasteiger partial charge in [-0.1, -0.05) is 20.3 Å². The van der Waals surface area contributed by atoms with E-state index in [9.17, 15) is 0 Å². The van der Waals surface area contributed by atoms with Crippen molar-refractivity contribution in [1.29, 1.82) is 0 Å². The molecule has 0 fully saturated rings. The lowest BCUT2D eigenvalue weighted by atomic mass is 9.90. The number of nitrogens with two attached hydrogens (primary N) is 1. The van der Waals surface area contributed by atoms with Crippen molar-refractivity contribution in [2.24, 2.45) is 11.8 Å². The maximum absolute atomic E-state index is 5.64. The van der Waals surface area contributed by atoms with Crippen molar-refractivity contribution in [1.82, 2.24) is 5.43 Å². The first kappa shape index (κ1) is 12.3. The summed E-state index contributed by atoms with van der Waals surface area (Å²) in [7, 11) is 0. The Morgan fingerprint density at radius 2 is 1.87 bits per heavy atom. The van der Waals surface area contributed by atoms with Gasteiger partial charge in [-0.2, -0.15) is 0 Å². The number of hydrogen-bond donors (Lipinski definition) is 2. The normalized spacial score (nSPS) is 15.3. The van der Waals surface area contributed by atoms with Gasteiger partial charge >= 0.3 is 0 Å². The van der Waals surface area contributed by atoms with Crippen LogP contribution < -0.4 is 11.3 Å². The van der Waals surface area contributed by atoms with E-state index < -0.39 is 0 Å². The molecule has 0 radical (unpaired) electrons. The molecule has 0 amide bonds. The van der Waals surface area contributed by atoms with Crippen molar-refractivity contribution in [2.45, 2.75) is 47.1 Å². The summed E-state index contributed by atoms with van der Waals surface area (Å²) < 4.78 is 5.63. The van der Waals surface area contributed by atoms with Gasteiger partial charge in [0, 0.05) is 5.56 Å². The SMILES string of the molecule is CCC(C)C(NN)c1c(C)oc(C)c1C. The lowest BCUT2D eigenvalue weighted by Gasteiger charge is -2.22. The molecule has 0 aromatic carbocycles. The Labute approximate surface area is 92.0 Å². The molecular weight excluding hydrogens is 188 g/mol. The summed E-state index contributed by atoms with van der Waals surface area (Å²) in [6, 6.07) is 0.187. The summed E-state index contributed by atoms with van der Waals surface area (Å²) in [5, 5.41) is 0. The van der Waals surface area contributed by atoms with Gasteiger partial charge in [0.2, 0.25) is 0 Å². The van der Waals surface area contributed by atoms with Crippen LogP contribution >= 0.6 is 0 Å². The molecule has 0 spiro atoms. The molecule has 2 unspecified atom stereocenters. The van der Waals surface area contributed by atoms with E-state index in [1.807, 2.05) is 13.8 Å². The minimum Gasteiger partial charge on any atom is -0.466 e. The Balaban J connectivity index is 3.11. The molecule has 0 bridgehead atoms. The fraction of sp³-hybridized carbons (Fsp3) is 0.667. The fourth-order valence-corrected chi connectivity index (χ4v) is 2.03. The minimum absolute atomic E-state index is 0.187. The highest BCUT2D eigenvalue weighted by Crippen LogP contribution is 2.32. The Kier molecular flexibility index (Phi) is 3.94. The van der Waals surface area contributed by atoms with Crippen LogP contribution in [0.15, 0.2) is 4.42 Å². The molecule has 0 aliphatic heterocycles. The highest BCUT2D eigenvalue weighted by molar-refractivity contribution is 5.34. The van der Waals surface area contributed by atoms with Gasteiger partial charge in [0.05, 0.1) is 6.04 Å². The molecule has 1 heterocycles.